The molecule has 0 heterocycles. The maximum Gasteiger partial charge on any atom is 0.0155 e. The first-order chi connectivity index (χ1) is 6.73. The van der Waals surface area contributed by atoms with Gasteiger partial charge in [0.2, 0.25) is 0 Å². The maximum atomic E-state index is 3.87. The second-order valence-electron chi connectivity index (χ2n) is 4.85. The Hall–Kier alpha value is -0.300. The highest BCUT2D eigenvalue weighted by Crippen LogP contribution is 2.39. The molecule has 1 saturated carbocycles. The zero-order valence-corrected chi connectivity index (χ0v) is 9.81. The van der Waals surface area contributed by atoms with E-state index in [9.17, 15) is 0 Å². The SMILES string of the molecule is C=CCC(NCC)C1(C)CCCCC1. The molecule has 0 amide bonds. The standard InChI is InChI=1S/C13H25N/c1-4-9-12(14-5-2)13(3)10-7-6-8-11-13/h4,12,14H,1,5-11H2,2-3H3. The molecule has 0 aliphatic heterocycles. The van der Waals surface area contributed by atoms with Gasteiger partial charge in [-0.3, -0.25) is 0 Å². The Morgan fingerprint density at radius 1 is 1.36 bits per heavy atom. The molecule has 1 atom stereocenters. The summed E-state index contributed by atoms with van der Waals surface area (Å²) < 4.78 is 0. The topological polar surface area (TPSA) is 12.0 Å². The van der Waals surface area contributed by atoms with Crippen LogP contribution >= 0.6 is 0 Å². The van der Waals surface area contributed by atoms with E-state index in [1.54, 1.807) is 0 Å². The number of rotatable bonds is 5. The summed E-state index contributed by atoms with van der Waals surface area (Å²) in [6, 6.07) is 0.644. The van der Waals surface area contributed by atoms with E-state index in [1.807, 2.05) is 0 Å². The predicted octanol–water partition coefficient (Wildman–Crippen LogP) is 3.51. The Morgan fingerprint density at radius 3 is 2.50 bits per heavy atom. The van der Waals surface area contributed by atoms with Crippen molar-refractivity contribution in [1.29, 1.82) is 0 Å². The molecule has 0 aromatic rings. The minimum Gasteiger partial charge on any atom is -0.313 e. The lowest BCUT2D eigenvalue weighted by molar-refractivity contribution is 0.146. The van der Waals surface area contributed by atoms with Crippen LogP contribution in [0.1, 0.15) is 52.4 Å². The van der Waals surface area contributed by atoms with Crippen molar-refractivity contribution in [1.82, 2.24) is 5.32 Å². The Kier molecular flexibility index (Phi) is 4.67. The molecule has 1 heteroatoms. The average Bonchev–Trinajstić information content (AvgIpc) is 2.19. The number of hydrogen-bond acceptors (Lipinski definition) is 1. The number of nitrogens with one attached hydrogen (secondary N) is 1. The van der Waals surface area contributed by atoms with Crippen molar-refractivity contribution in [2.45, 2.75) is 58.4 Å². The van der Waals surface area contributed by atoms with Gasteiger partial charge in [-0.2, -0.15) is 0 Å². The molecule has 0 spiro atoms. The normalized spacial score (nSPS) is 23.0. The lowest BCUT2D eigenvalue weighted by Crippen LogP contribution is -2.44. The van der Waals surface area contributed by atoms with E-state index in [1.165, 1.54) is 32.1 Å². The summed E-state index contributed by atoms with van der Waals surface area (Å²) in [5, 5.41) is 3.62. The lowest BCUT2D eigenvalue weighted by Gasteiger charge is -2.41. The molecule has 1 N–H and O–H groups in total. The third kappa shape index (κ3) is 2.84. The molecule has 1 aliphatic rings. The molecular formula is C13H25N. The highest BCUT2D eigenvalue weighted by molar-refractivity contribution is 4.93. The fourth-order valence-corrected chi connectivity index (χ4v) is 2.74. The number of hydrogen-bond donors (Lipinski definition) is 1. The van der Waals surface area contributed by atoms with Gasteiger partial charge in [-0.05, 0) is 31.2 Å². The second kappa shape index (κ2) is 5.55. The molecule has 1 unspecified atom stereocenters. The van der Waals surface area contributed by atoms with Crippen LogP contribution in [0, 0.1) is 5.41 Å². The van der Waals surface area contributed by atoms with Crippen LogP contribution in [-0.4, -0.2) is 12.6 Å². The summed E-state index contributed by atoms with van der Waals surface area (Å²) in [5.41, 5.74) is 0.516. The minimum atomic E-state index is 0.516. The third-order valence-electron chi connectivity index (χ3n) is 3.69. The second-order valence-corrected chi connectivity index (χ2v) is 4.85. The van der Waals surface area contributed by atoms with Crippen LogP contribution in [0.15, 0.2) is 12.7 Å². The van der Waals surface area contributed by atoms with Gasteiger partial charge >= 0.3 is 0 Å². The Morgan fingerprint density at radius 2 is 2.00 bits per heavy atom. The van der Waals surface area contributed by atoms with Crippen LogP contribution in [0.2, 0.25) is 0 Å². The van der Waals surface area contributed by atoms with Gasteiger partial charge < -0.3 is 5.32 Å². The zero-order chi connectivity index (χ0) is 10.4. The van der Waals surface area contributed by atoms with Crippen LogP contribution in [0.4, 0.5) is 0 Å². The molecule has 0 aromatic heterocycles. The van der Waals surface area contributed by atoms with Crippen molar-refractivity contribution in [2.75, 3.05) is 6.54 Å². The van der Waals surface area contributed by atoms with Crippen molar-refractivity contribution in [3.05, 3.63) is 12.7 Å². The van der Waals surface area contributed by atoms with E-state index in [0.29, 0.717) is 11.5 Å². The van der Waals surface area contributed by atoms with Gasteiger partial charge in [-0.25, -0.2) is 0 Å². The van der Waals surface area contributed by atoms with Gasteiger partial charge in [0.05, 0.1) is 0 Å². The maximum absolute atomic E-state index is 3.87. The van der Waals surface area contributed by atoms with E-state index in [-0.39, 0.29) is 0 Å². The van der Waals surface area contributed by atoms with Crippen molar-refractivity contribution in [3.8, 4) is 0 Å². The first-order valence-corrected chi connectivity index (χ1v) is 6.07. The highest BCUT2D eigenvalue weighted by Gasteiger charge is 2.33. The summed E-state index contributed by atoms with van der Waals surface area (Å²) in [5.74, 6) is 0. The van der Waals surface area contributed by atoms with Crippen LogP contribution in [-0.2, 0) is 0 Å². The van der Waals surface area contributed by atoms with Crippen LogP contribution in [0.25, 0.3) is 0 Å². The van der Waals surface area contributed by atoms with Gasteiger partial charge in [-0.1, -0.05) is 39.2 Å². The lowest BCUT2D eigenvalue weighted by atomic mass is 9.69. The predicted molar refractivity (Wildman–Crippen MR) is 63.5 cm³/mol. The molecule has 1 rings (SSSR count). The molecular weight excluding hydrogens is 170 g/mol. The fraction of sp³-hybridized carbons (Fsp3) is 0.846. The summed E-state index contributed by atoms with van der Waals surface area (Å²) in [7, 11) is 0. The van der Waals surface area contributed by atoms with E-state index < -0.39 is 0 Å². The summed E-state index contributed by atoms with van der Waals surface area (Å²) in [6.45, 7) is 9.59. The zero-order valence-electron chi connectivity index (χ0n) is 9.81. The highest BCUT2D eigenvalue weighted by atomic mass is 14.9. The van der Waals surface area contributed by atoms with E-state index >= 15 is 0 Å². The third-order valence-corrected chi connectivity index (χ3v) is 3.69. The van der Waals surface area contributed by atoms with Crippen LogP contribution in [0.5, 0.6) is 0 Å². The van der Waals surface area contributed by atoms with Crippen LogP contribution < -0.4 is 5.32 Å². The van der Waals surface area contributed by atoms with E-state index in [2.05, 4.69) is 31.8 Å². The first-order valence-electron chi connectivity index (χ1n) is 6.07. The van der Waals surface area contributed by atoms with Gasteiger partial charge in [-0.15, -0.1) is 6.58 Å². The Bertz CT molecular complexity index is 168. The van der Waals surface area contributed by atoms with Gasteiger partial charge in [0.25, 0.3) is 0 Å². The molecule has 0 aromatic carbocycles. The molecule has 0 saturated heterocycles. The van der Waals surface area contributed by atoms with Crippen molar-refractivity contribution in [3.63, 3.8) is 0 Å². The summed E-state index contributed by atoms with van der Waals surface area (Å²) >= 11 is 0. The fourth-order valence-electron chi connectivity index (χ4n) is 2.74. The monoisotopic (exact) mass is 195 g/mol. The van der Waals surface area contributed by atoms with E-state index in [4.69, 9.17) is 0 Å². The minimum absolute atomic E-state index is 0.516. The first kappa shape index (κ1) is 11.8. The molecule has 1 fully saturated rings. The Labute approximate surface area is 89.0 Å². The van der Waals surface area contributed by atoms with Crippen LogP contribution in [0.3, 0.4) is 0 Å². The Balaban J connectivity index is 2.57. The molecule has 14 heavy (non-hydrogen) atoms. The quantitative estimate of drug-likeness (QED) is 0.662. The van der Waals surface area contributed by atoms with Crippen molar-refractivity contribution in [2.24, 2.45) is 5.41 Å². The molecule has 1 nitrogen and oxygen atoms in total. The van der Waals surface area contributed by atoms with Gasteiger partial charge in [0.1, 0.15) is 0 Å². The van der Waals surface area contributed by atoms with Crippen molar-refractivity contribution < 1.29 is 0 Å². The summed E-state index contributed by atoms with van der Waals surface area (Å²) in [4.78, 5) is 0. The molecule has 82 valence electrons. The molecule has 0 radical (unpaired) electrons. The van der Waals surface area contributed by atoms with Gasteiger partial charge in [0.15, 0.2) is 0 Å². The smallest absolute Gasteiger partial charge is 0.0155 e. The van der Waals surface area contributed by atoms with E-state index in [0.717, 1.165) is 13.0 Å². The molecule has 1 aliphatic carbocycles. The largest absolute Gasteiger partial charge is 0.313 e. The summed E-state index contributed by atoms with van der Waals surface area (Å²) in [6.07, 6.45) is 10.2. The van der Waals surface area contributed by atoms with Crippen molar-refractivity contribution >= 4 is 0 Å². The molecule has 0 bridgehead atoms. The average molecular weight is 195 g/mol. The van der Waals surface area contributed by atoms with Gasteiger partial charge in [0, 0.05) is 6.04 Å².